The quantitative estimate of drug-likeness (QED) is 0.821. The molecule has 0 amide bonds. The molecule has 0 fully saturated rings. The first-order chi connectivity index (χ1) is 7.49. The second-order valence-corrected chi connectivity index (χ2v) is 4.10. The Kier molecular flexibility index (Phi) is 2.66. The van der Waals surface area contributed by atoms with Crippen molar-refractivity contribution in [3.63, 3.8) is 0 Å². The van der Waals surface area contributed by atoms with Crippen LogP contribution in [0.2, 0.25) is 10.0 Å². The average Bonchev–Trinajstić information content (AvgIpc) is 2.20. The molecule has 0 aromatic heterocycles. The van der Waals surface area contributed by atoms with Crippen LogP contribution in [-0.2, 0) is 0 Å². The standard InChI is InChI=1S/C11H6Cl2O3/c12-8-3-6(11(15)16)1-5-2-9(13)10(14)4-7(5)8/h1-4,14H,(H,15,16). The molecular formula is C11H6Cl2O3. The van der Waals surface area contributed by atoms with E-state index in [4.69, 9.17) is 28.3 Å². The molecule has 0 heterocycles. The summed E-state index contributed by atoms with van der Waals surface area (Å²) in [5, 5.41) is 19.8. The third kappa shape index (κ3) is 1.79. The molecule has 0 aliphatic heterocycles. The van der Waals surface area contributed by atoms with Gasteiger partial charge in [-0.2, -0.15) is 0 Å². The first kappa shape index (κ1) is 11.0. The van der Waals surface area contributed by atoms with Gasteiger partial charge in [0.1, 0.15) is 5.75 Å². The molecule has 2 aromatic carbocycles. The lowest BCUT2D eigenvalue weighted by Gasteiger charge is -2.05. The van der Waals surface area contributed by atoms with E-state index in [1.807, 2.05) is 0 Å². The van der Waals surface area contributed by atoms with Crippen molar-refractivity contribution in [2.24, 2.45) is 0 Å². The lowest BCUT2D eigenvalue weighted by Crippen LogP contribution is -1.95. The molecule has 3 nitrogen and oxygen atoms in total. The molecule has 82 valence electrons. The number of hydrogen-bond donors (Lipinski definition) is 2. The number of carboxylic acid groups (broad SMARTS) is 1. The summed E-state index contributed by atoms with van der Waals surface area (Å²) in [4.78, 5) is 10.8. The van der Waals surface area contributed by atoms with Crippen molar-refractivity contribution in [3.8, 4) is 5.75 Å². The van der Waals surface area contributed by atoms with Crippen molar-refractivity contribution in [2.45, 2.75) is 0 Å². The third-order valence-corrected chi connectivity index (χ3v) is 2.83. The number of aromatic carboxylic acids is 1. The molecule has 0 aliphatic rings. The molecular weight excluding hydrogens is 251 g/mol. The van der Waals surface area contributed by atoms with Gasteiger partial charge in [-0.3, -0.25) is 0 Å². The minimum atomic E-state index is -1.06. The van der Waals surface area contributed by atoms with E-state index < -0.39 is 5.97 Å². The van der Waals surface area contributed by atoms with Crippen molar-refractivity contribution >= 4 is 39.9 Å². The van der Waals surface area contributed by atoms with Crippen LogP contribution in [0, 0.1) is 0 Å². The third-order valence-electron chi connectivity index (χ3n) is 2.22. The number of rotatable bonds is 1. The van der Waals surface area contributed by atoms with Crippen molar-refractivity contribution in [1.82, 2.24) is 0 Å². The van der Waals surface area contributed by atoms with Gasteiger partial charge in [-0.05, 0) is 29.7 Å². The minimum absolute atomic E-state index is 0.0826. The van der Waals surface area contributed by atoms with Crippen LogP contribution in [0.15, 0.2) is 24.3 Å². The van der Waals surface area contributed by atoms with Crippen molar-refractivity contribution in [1.29, 1.82) is 0 Å². The summed E-state index contributed by atoms with van der Waals surface area (Å²) in [6.07, 6.45) is 0. The van der Waals surface area contributed by atoms with E-state index in [-0.39, 0.29) is 21.4 Å². The van der Waals surface area contributed by atoms with Crippen LogP contribution in [0.1, 0.15) is 10.4 Å². The molecule has 0 spiro atoms. The highest BCUT2D eigenvalue weighted by Crippen LogP contribution is 2.33. The maximum atomic E-state index is 10.8. The molecule has 0 saturated heterocycles. The van der Waals surface area contributed by atoms with Crippen LogP contribution in [0.5, 0.6) is 5.75 Å². The van der Waals surface area contributed by atoms with Gasteiger partial charge in [-0.25, -0.2) is 4.79 Å². The first-order valence-electron chi connectivity index (χ1n) is 4.34. The van der Waals surface area contributed by atoms with Crippen LogP contribution in [0.3, 0.4) is 0 Å². The fraction of sp³-hybridized carbons (Fsp3) is 0. The largest absolute Gasteiger partial charge is 0.506 e. The summed E-state index contributed by atoms with van der Waals surface area (Å²) >= 11 is 11.6. The van der Waals surface area contributed by atoms with E-state index in [1.165, 1.54) is 24.3 Å². The predicted octanol–water partition coefficient (Wildman–Crippen LogP) is 3.55. The lowest BCUT2D eigenvalue weighted by atomic mass is 10.1. The topological polar surface area (TPSA) is 57.5 Å². The highest BCUT2D eigenvalue weighted by Gasteiger charge is 2.10. The van der Waals surface area contributed by atoms with Crippen molar-refractivity contribution in [3.05, 3.63) is 39.9 Å². The van der Waals surface area contributed by atoms with Gasteiger partial charge in [0.05, 0.1) is 10.6 Å². The Hall–Kier alpha value is -1.45. The number of fused-ring (bicyclic) bond motifs is 1. The van der Waals surface area contributed by atoms with Gasteiger partial charge in [0.2, 0.25) is 0 Å². The van der Waals surface area contributed by atoms with Crippen molar-refractivity contribution < 1.29 is 15.0 Å². The molecule has 2 aromatic rings. The van der Waals surface area contributed by atoms with E-state index >= 15 is 0 Å². The molecule has 0 unspecified atom stereocenters. The second kappa shape index (κ2) is 3.85. The zero-order valence-electron chi connectivity index (χ0n) is 7.87. The van der Waals surface area contributed by atoms with Crippen molar-refractivity contribution in [2.75, 3.05) is 0 Å². The fourth-order valence-corrected chi connectivity index (χ4v) is 1.90. The second-order valence-electron chi connectivity index (χ2n) is 3.29. The fourth-order valence-electron chi connectivity index (χ4n) is 1.45. The van der Waals surface area contributed by atoms with Gasteiger partial charge in [-0.1, -0.05) is 23.2 Å². The maximum absolute atomic E-state index is 10.8. The number of hydrogen-bond acceptors (Lipinski definition) is 2. The molecule has 2 rings (SSSR count). The van der Waals surface area contributed by atoms with E-state index in [9.17, 15) is 9.90 Å². The zero-order valence-corrected chi connectivity index (χ0v) is 9.38. The smallest absolute Gasteiger partial charge is 0.335 e. The molecule has 0 saturated carbocycles. The summed E-state index contributed by atoms with van der Waals surface area (Å²) in [5.74, 6) is -1.15. The Morgan fingerprint density at radius 1 is 1.06 bits per heavy atom. The summed E-state index contributed by atoms with van der Waals surface area (Å²) in [7, 11) is 0. The predicted molar refractivity (Wildman–Crippen MR) is 62.6 cm³/mol. The first-order valence-corrected chi connectivity index (χ1v) is 5.09. The molecule has 0 atom stereocenters. The van der Waals surface area contributed by atoms with Crippen LogP contribution < -0.4 is 0 Å². The lowest BCUT2D eigenvalue weighted by molar-refractivity contribution is 0.0697. The number of carboxylic acids is 1. The van der Waals surface area contributed by atoms with E-state index in [2.05, 4.69) is 0 Å². The Morgan fingerprint density at radius 2 is 1.75 bits per heavy atom. The van der Waals surface area contributed by atoms with Gasteiger partial charge >= 0.3 is 5.97 Å². The SMILES string of the molecule is O=C(O)c1cc(Cl)c2cc(O)c(Cl)cc2c1. The zero-order chi connectivity index (χ0) is 11.9. The number of carbonyl (C=O) groups is 1. The monoisotopic (exact) mass is 256 g/mol. The Bertz CT molecular complexity index is 593. The molecule has 2 N–H and O–H groups in total. The van der Waals surface area contributed by atoms with Crippen LogP contribution in [0.25, 0.3) is 10.8 Å². The number of aromatic hydroxyl groups is 1. The van der Waals surface area contributed by atoms with Gasteiger partial charge in [0.25, 0.3) is 0 Å². The number of phenols is 1. The number of phenolic OH excluding ortho intramolecular Hbond substituents is 1. The molecule has 0 aliphatic carbocycles. The summed E-state index contributed by atoms with van der Waals surface area (Å²) in [6, 6.07) is 5.67. The molecule has 0 bridgehead atoms. The molecule has 0 radical (unpaired) electrons. The molecule has 16 heavy (non-hydrogen) atoms. The van der Waals surface area contributed by atoms with Crippen LogP contribution in [-0.4, -0.2) is 16.2 Å². The summed E-state index contributed by atoms with van der Waals surface area (Å²) in [6.45, 7) is 0. The van der Waals surface area contributed by atoms with Crippen LogP contribution in [0.4, 0.5) is 0 Å². The molecule has 5 heteroatoms. The Labute approximate surface area is 101 Å². The van der Waals surface area contributed by atoms with E-state index in [1.54, 1.807) is 0 Å². The number of halogens is 2. The number of benzene rings is 2. The normalized spacial score (nSPS) is 10.6. The highest BCUT2D eigenvalue weighted by atomic mass is 35.5. The summed E-state index contributed by atoms with van der Waals surface area (Å²) in [5.41, 5.74) is 0.0826. The summed E-state index contributed by atoms with van der Waals surface area (Å²) < 4.78 is 0. The minimum Gasteiger partial charge on any atom is -0.506 e. The average molecular weight is 257 g/mol. The maximum Gasteiger partial charge on any atom is 0.335 e. The highest BCUT2D eigenvalue weighted by molar-refractivity contribution is 6.37. The van der Waals surface area contributed by atoms with Gasteiger partial charge < -0.3 is 10.2 Å². The van der Waals surface area contributed by atoms with Gasteiger partial charge in [0, 0.05) is 10.4 Å². The van der Waals surface area contributed by atoms with Crippen LogP contribution >= 0.6 is 23.2 Å². The Morgan fingerprint density at radius 3 is 2.38 bits per heavy atom. The van der Waals surface area contributed by atoms with Gasteiger partial charge in [-0.15, -0.1) is 0 Å². The van der Waals surface area contributed by atoms with E-state index in [0.29, 0.717) is 10.8 Å². The van der Waals surface area contributed by atoms with E-state index in [0.717, 1.165) is 0 Å². The Balaban J connectivity index is 2.82. The van der Waals surface area contributed by atoms with Gasteiger partial charge in [0.15, 0.2) is 0 Å².